The molecule has 0 bridgehead atoms. The van der Waals surface area contributed by atoms with E-state index in [1.807, 2.05) is 6.92 Å². The predicted molar refractivity (Wildman–Crippen MR) is 81.7 cm³/mol. The van der Waals surface area contributed by atoms with Gasteiger partial charge in [0.15, 0.2) is 0 Å². The Morgan fingerprint density at radius 2 is 2.24 bits per heavy atom. The molecule has 1 heterocycles. The number of halogens is 1. The summed E-state index contributed by atoms with van der Waals surface area (Å²) < 4.78 is 6.21. The van der Waals surface area contributed by atoms with Gasteiger partial charge in [0.2, 0.25) is 0 Å². The molecule has 0 aliphatic carbocycles. The Labute approximate surface area is 131 Å². The molecule has 1 aromatic rings. The van der Waals surface area contributed by atoms with E-state index in [1.165, 1.54) is 6.07 Å². The first-order valence-corrected chi connectivity index (χ1v) is 7.41. The molecule has 7 heteroatoms. The summed E-state index contributed by atoms with van der Waals surface area (Å²) in [7, 11) is 0. The van der Waals surface area contributed by atoms with Gasteiger partial charge in [-0.05, 0) is 38.0 Å². The quantitative estimate of drug-likeness (QED) is 0.773. The van der Waals surface area contributed by atoms with Gasteiger partial charge < -0.3 is 20.5 Å². The van der Waals surface area contributed by atoms with Gasteiger partial charge in [-0.15, -0.1) is 0 Å². The molecule has 0 saturated carbocycles. The fourth-order valence-electron chi connectivity index (χ4n) is 2.21. The Kier molecular flexibility index (Phi) is 4.84. The van der Waals surface area contributed by atoms with Crippen LogP contribution in [0.3, 0.4) is 0 Å². The highest BCUT2D eigenvalue weighted by Gasteiger charge is 2.30. The Morgan fingerprint density at radius 3 is 2.86 bits per heavy atom. The molecule has 114 valence electrons. The Morgan fingerprint density at radius 1 is 1.48 bits per heavy atom. The summed E-state index contributed by atoms with van der Waals surface area (Å²) in [5.74, 6) is -1.10. The van der Waals surface area contributed by atoms with Gasteiger partial charge in [0, 0.05) is 17.6 Å². The van der Waals surface area contributed by atoms with Crippen LogP contribution in [0.5, 0.6) is 0 Å². The molecule has 1 aliphatic heterocycles. The molecule has 1 aliphatic rings. The highest BCUT2D eigenvalue weighted by atomic mass is 79.9. The normalized spacial score (nSPS) is 21.0. The monoisotopic (exact) mass is 356 g/mol. The number of benzene rings is 1. The van der Waals surface area contributed by atoms with Crippen LogP contribution >= 0.6 is 15.9 Å². The standard InChI is InChI=1S/C14H17BrN2O4/c1-14(5-2-6-21-14)8-16-13(20)17-11-4-3-9(15)7-10(11)12(18)19/h3-4,7H,2,5-6,8H2,1H3,(H,18,19)(H2,16,17,20). The van der Waals surface area contributed by atoms with E-state index in [0.29, 0.717) is 17.6 Å². The number of rotatable bonds is 4. The minimum Gasteiger partial charge on any atom is -0.478 e. The second-order valence-electron chi connectivity index (χ2n) is 5.20. The molecule has 0 spiro atoms. The maximum atomic E-state index is 11.9. The summed E-state index contributed by atoms with van der Waals surface area (Å²) in [5, 5.41) is 14.4. The highest BCUT2D eigenvalue weighted by Crippen LogP contribution is 2.24. The van der Waals surface area contributed by atoms with E-state index in [0.717, 1.165) is 12.8 Å². The molecule has 1 unspecified atom stereocenters. The number of hydrogen-bond acceptors (Lipinski definition) is 3. The number of amides is 2. The molecule has 0 aromatic heterocycles. The van der Waals surface area contributed by atoms with Gasteiger partial charge in [-0.2, -0.15) is 0 Å². The van der Waals surface area contributed by atoms with Crippen LogP contribution in [0.25, 0.3) is 0 Å². The summed E-state index contributed by atoms with van der Waals surface area (Å²) in [4.78, 5) is 23.0. The predicted octanol–water partition coefficient (Wildman–Crippen LogP) is 2.84. The second-order valence-corrected chi connectivity index (χ2v) is 6.12. The van der Waals surface area contributed by atoms with E-state index in [-0.39, 0.29) is 16.9 Å². The lowest BCUT2D eigenvalue weighted by Gasteiger charge is -2.23. The minimum atomic E-state index is -1.10. The number of carbonyl (C=O) groups excluding carboxylic acids is 1. The molecule has 6 nitrogen and oxygen atoms in total. The zero-order chi connectivity index (χ0) is 15.5. The molecule has 1 saturated heterocycles. The van der Waals surface area contributed by atoms with Crippen molar-refractivity contribution in [3.63, 3.8) is 0 Å². The van der Waals surface area contributed by atoms with Crippen LogP contribution in [0.15, 0.2) is 22.7 Å². The van der Waals surface area contributed by atoms with Gasteiger partial charge >= 0.3 is 12.0 Å². The molecule has 2 amide bonds. The second kappa shape index (κ2) is 6.44. The van der Waals surface area contributed by atoms with Gasteiger partial charge in [0.1, 0.15) is 0 Å². The van der Waals surface area contributed by atoms with Gasteiger partial charge in [-0.1, -0.05) is 15.9 Å². The van der Waals surface area contributed by atoms with Crippen molar-refractivity contribution in [1.82, 2.24) is 5.32 Å². The summed E-state index contributed by atoms with van der Waals surface area (Å²) in [6.45, 7) is 3.04. The van der Waals surface area contributed by atoms with E-state index in [4.69, 9.17) is 9.84 Å². The lowest BCUT2D eigenvalue weighted by atomic mass is 10.0. The van der Waals surface area contributed by atoms with Gasteiger partial charge in [-0.25, -0.2) is 9.59 Å². The molecule has 3 N–H and O–H groups in total. The third-order valence-electron chi connectivity index (χ3n) is 3.38. The number of hydrogen-bond donors (Lipinski definition) is 3. The Bertz CT molecular complexity index is 556. The zero-order valence-corrected chi connectivity index (χ0v) is 13.2. The van der Waals surface area contributed by atoms with Crippen LogP contribution in [0.2, 0.25) is 0 Å². The number of urea groups is 1. The molecule has 1 aromatic carbocycles. The summed E-state index contributed by atoms with van der Waals surface area (Å²) >= 11 is 3.21. The number of ether oxygens (including phenoxy) is 1. The van der Waals surface area contributed by atoms with Crippen molar-refractivity contribution < 1.29 is 19.4 Å². The van der Waals surface area contributed by atoms with Crippen molar-refractivity contribution in [2.75, 3.05) is 18.5 Å². The molecule has 0 radical (unpaired) electrons. The lowest BCUT2D eigenvalue weighted by Crippen LogP contribution is -2.42. The minimum absolute atomic E-state index is 0.0304. The number of aromatic carboxylic acids is 1. The van der Waals surface area contributed by atoms with E-state index in [1.54, 1.807) is 12.1 Å². The molecular formula is C14H17BrN2O4. The summed E-state index contributed by atoms with van der Waals surface area (Å²) in [6, 6.07) is 4.21. The summed E-state index contributed by atoms with van der Waals surface area (Å²) in [6.07, 6.45) is 1.88. The topological polar surface area (TPSA) is 87.7 Å². The first kappa shape index (κ1) is 15.8. The zero-order valence-electron chi connectivity index (χ0n) is 11.6. The Balaban J connectivity index is 1.98. The molecule has 21 heavy (non-hydrogen) atoms. The number of carboxylic acid groups (broad SMARTS) is 1. The first-order chi connectivity index (χ1) is 9.89. The van der Waals surface area contributed by atoms with Crippen molar-refractivity contribution >= 4 is 33.6 Å². The van der Waals surface area contributed by atoms with E-state index < -0.39 is 12.0 Å². The fraction of sp³-hybridized carbons (Fsp3) is 0.429. The van der Waals surface area contributed by atoms with Crippen molar-refractivity contribution in [3.05, 3.63) is 28.2 Å². The average Bonchev–Trinajstić information content (AvgIpc) is 2.86. The lowest BCUT2D eigenvalue weighted by molar-refractivity contribution is 0.0232. The SMILES string of the molecule is CC1(CNC(=O)Nc2ccc(Br)cc2C(=O)O)CCCO1. The van der Waals surface area contributed by atoms with Gasteiger partial charge in [0.25, 0.3) is 0 Å². The highest BCUT2D eigenvalue weighted by molar-refractivity contribution is 9.10. The summed E-state index contributed by atoms with van der Waals surface area (Å²) in [5.41, 5.74) is -0.0595. The van der Waals surface area contributed by atoms with Crippen molar-refractivity contribution in [3.8, 4) is 0 Å². The smallest absolute Gasteiger partial charge is 0.337 e. The molecule has 1 fully saturated rings. The van der Waals surface area contributed by atoms with Gasteiger partial charge in [-0.3, -0.25) is 0 Å². The third-order valence-corrected chi connectivity index (χ3v) is 3.88. The third kappa shape index (κ3) is 4.18. The van der Waals surface area contributed by atoms with Crippen molar-refractivity contribution in [2.45, 2.75) is 25.4 Å². The number of carbonyl (C=O) groups is 2. The Hall–Kier alpha value is -1.60. The largest absolute Gasteiger partial charge is 0.478 e. The van der Waals surface area contributed by atoms with Crippen LogP contribution in [0.4, 0.5) is 10.5 Å². The van der Waals surface area contributed by atoms with E-state index in [9.17, 15) is 9.59 Å². The fourth-order valence-corrected chi connectivity index (χ4v) is 2.57. The number of anilines is 1. The first-order valence-electron chi connectivity index (χ1n) is 6.61. The molecule has 2 rings (SSSR count). The van der Waals surface area contributed by atoms with Crippen LogP contribution in [-0.2, 0) is 4.74 Å². The molecule has 1 atom stereocenters. The van der Waals surface area contributed by atoms with Gasteiger partial charge in [0.05, 0.1) is 16.9 Å². The van der Waals surface area contributed by atoms with E-state index in [2.05, 4.69) is 26.6 Å². The van der Waals surface area contributed by atoms with E-state index >= 15 is 0 Å². The van der Waals surface area contributed by atoms with Crippen LogP contribution in [0, 0.1) is 0 Å². The van der Waals surface area contributed by atoms with Crippen molar-refractivity contribution in [1.29, 1.82) is 0 Å². The van der Waals surface area contributed by atoms with Crippen LogP contribution < -0.4 is 10.6 Å². The van der Waals surface area contributed by atoms with Crippen molar-refractivity contribution in [2.24, 2.45) is 0 Å². The van der Waals surface area contributed by atoms with Crippen LogP contribution in [-0.4, -0.2) is 35.9 Å². The van der Waals surface area contributed by atoms with Crippen LogP contribution in [0.1, 0.15) is 30.1 Å². The molecular weight excluding hydrogens is 340 g/mol. The number of carboxylic acids is 1. The maximum Gasteiger partial charge on any atom is 0.337 e. The average molecular weight is 357 g/mol. The number of nitrogens with one attached hydrogen (secondary N) is 2. The maximum absolute atomic E-state index is 11.9.